The second kappa shape index (κ2) is 37.0. The minimum atomic E-state index is -0.538. The van der Waals surface area contributed by atoms with Crippen molar-refractivity contribution in [1.29, 1.82) is 0 Å². The molecule has 5 heterocycles. The van der Waals surface area contributed by atoms with Crippen molar-refractivity contribution >= 4 is 98.0 Å². The minimum absolute atomic E-state index is 0.0810. The normalized spacial score (nSPS) is 23.7. The lowest BCUT2D eigenvalue weighted by Crippen LogP contribution is -2.35. The van der Waals surface area contributed by atoms with E-state index in [1.54, 1.807) is 94.1 Å². The van der Waals surface area contributed by atoms with Crippen LogP contribution in [0.2, 0.25) is 0 Å². The van der Waals surface area contributed by atoms with E-state index in [0.717, 1.165) is 136 Å². The van der Waals surface area contributed by atoms with E-state index in [1.807, 2.05) is 72.8 Å². The van der Waals surface area contributed by atoms with Crippen molar-refractivity contribution in [3.8, 4) is 46.0 Å². The van der Waals surface area contributed by atoms with Gasteiger partial charge in [0, 0.05) is 50.1 Å². The van der Waals surface area contributed by atoms with Gasteiger partial charge in [0.05, 0.1) is 52.8 Å². The number of amides is 1. The molecule has 0 spiro atoms. The smallest absolute Gasteiger partial charge is 0.417 e. The highest BCUT2D eigenvalue weighted by Crippen LogP contribution is 2.66. The highest BCUT2D eigenvalue weighted by atomic mass is 32.1. The first-order valence-corrected chi connectivity index (χ1v) is 50.3. The number of hydrogen-bond donors (Lipinski definition) is 4. The van der Waals surface area contributed by atoms with Crippen LogP contribution in [0.5, 0.6) is 46.0 Å². The summed E-state index contributed by atoms with van der Waals surface area (Å²) in [5.41, 5.74) is 13.5. The van der Waals surface area contributed by atoms with Crippen molar-refractivity contribution in [3.63, 3.8) is 0 Å². The molecule has 8 bridgehead atoms. The number of nitrogens with one attached hydrogen (secondary N) is 1. The van der Waals surface area contributed by atoms with Crippen LogP contribution in [0.3, 0.4) is 0 Å². The summed E-state index contributed by atoms with van der Waals surface area (Å²) < 4.78 is 36.3. The molecule has 0 saturated heterocycles. The number of thiazole rings is 4. The van der Waals surface area contributed by atoms with Crippen LogP contribution >= 0.6 is 45.3 Å². The van der Waals surface area contributed by atoms with Gasteiger partial charge in [0.15, 0.2) is 0 Å². The second-order valence-corrected chi connectivity index (χ2v) is 42.0. The molecule has 4 N–H and O–H groups in total. The van der Waals surface area contributed by atoms with E-state index in [2.05, 4.69) is 209 Å². The number of rotatable bonds is 22. The zero-order valence-corrected chi connectivity index (χ0v) is 77.2. The third-order valence-corrected chi connectivity index (χ3v) is 34.3. The summed E-state index contributed by atoms with van der Waals surface area (Å²) in [7, 11) is 0. The van der Waals surface area contributed by atoms with Crippen molar-refractivity contribution in [2.75, 3.05) is 5.32 Å². The van der Waals surface area contributed by atoms with Gasteiger partial charge in [-0.25, -0.2) is 24.7 Å². The number of carbonyl (C=O) groups is 1. The molecule has 17 aromatic rings. The molecule has 15 nitrogen and oxygen atoms in total. The van der Waals surface area contributed by atoms with Crippen LogP contribution < -0.4 is 29.0 Å². The van der Waals surface area contributed by atoms with Crippen LogP contribution in [0.15, 0.2) is 316 Å². The average Bonchev–Trinajstić information content (AvgIpc) is 1.59. The van der Waals surface area contributed by atoms with Gasteiger partial charge in [-0.05, 0) is 280 Å². The third-order valence-electron chi connectivity index (χ3n) is 30.2. The fourth-order valence-corrected chi connectivity index (χ4v) is 28.3. The summed E-state index contributed by atoms with van der Waals surface area (Å²) in [4.78, 5) is 36.1. The number of fused-ring (bicyclic) bond motifs is 12. The van der Waals surface area contributed by atoms with E-state index in [-0.39, 0.29) is 27.4 Å². The maximum absolute atomic E-state index is 13.0. The van der Waals surface area contributed by atoms with E-state index in [1.165, 1.54) is 113 Å². The molecule has 12 aromatic carbocycles. The molecule has 19 heteroatoms. The van der Waals surface area contributed by atoms with Gasteiger partial charge in [-0.2, -0.15) is 0 Å². The van der Waals surface area contributed by atoms with E-state index < -0.39 is 6.09 Å². The summed E-state index contributed by atoms with van der Waals surface area (Å²) in [6.45, 7) is 1.73. The first-order chi connectivity index (χ1) is 65.3. The molecule has 8 fully saturated rings. The SMILES string of the molecule is O=C(Nc1cccnc1)Oc1ccc(OCc2nc3ccccc3s2)cc1C1(c2ccccc2)CC2CCC1C2.Oc1ccc(O)c(C2(c3ccccc3)CC3CCC2C3)c1.Oc1ccc(OCc2nc3ccccc3s2)cc1C1(c2ccccc2)CC2CCC1C2.c1ccc(C2(c3cc(OCc4nc5ccccc5s4)ccc3OCc3nc4ccccc4s3)CC3CCC2C3)cc1. The monoisotopic (exact) mass is 1830 g/mol. The molecule has 1 amide bonds. The number of nitrogens with zero attached hydrogens (tertiary/aromatic N) is 5. The number of hydrogen-bond acceptors (Lipinski definition) is 18. The molecule has 12 atom stereocenters. The van der Waals surface area contributed by atoms with E-state index in [4.69, 9.17) is 38.6 Å². The summed E-state index contributed by atoms with van der Waals surface area (Å²) in [6.07, 6.45) is 22.1. The predicted molar refractivity (Wildman–Crippen MR) is 531 cm³/mol. The van der Waals surface area contributed by atoms with Crippen molar-refractivity contribution < 1.29 is 43.8 Å². The van der Waals surface area contributed by atoms with Gasteiger partial charge < -0.3 is 39.0 Å². The predicted octanol–water partition coefficient (Wildman–Crippen LogP) is 28.0. The number of pyridine rings is 1. The van der Waals surface area contributed by atoms with Crippen molar-refractivity contribution in [2.24, 2.45) is 47.3 Å². The Kier molecular flexibility index (Phi) is 23.8. The molecule has 8 aliphatic rings. The van der Waals surface area contributed by atoms with Crippen LogP contribution in [-0.4, -0.2) is 46.3 Å². The molecule has 12 unspecified atom stereocenters. The van der Waals surface area contributed by atoms with Crippen LogP contribution in [0.25, 0.3) is 40.9 Å². The Bertz CT molecular complexity index is 6890. The van der Waals surface area contributed by atoms with E-state index in [9.17, 15) is 20.1 Å². The Labute approximate surface area is 790 Å². The van der Waals surface area contributed by atoms with Gasteiger partial charge in [-0.3, -0.25) is 10.3 Å². The fraction of sp³-hybridized carbons (Fsp3) is 0.281. The number of aromatic hydroxyl groups is 3. The molecule has 0 radical (unpaired) electrons. The van der Waals surface area contributed by atoms with Gasteiger partial charge in [0.2, 0.25) is 0 Å². The van der Waals surface area contributed by atoms with Crippen LogP contribution in [-0.2, 0) is 48.1 Å². The number of phenolic OH excluding ortho intramolecular Hbond substituents is 3. The lowest BCUT2D eigenvalue weighted by molar-refractivity contribution is 0.212. The number of aromatic nitrogens is 5. The van der Waals surface area contributed by atoms with Crippen molar-refractivity contribution in [3.05, 3.63) is 380 Å². The van der Waals surface area contributed by atoms with Crippen molar-refractivity contribution in [2.45, 2.75) is 151 Å². The van der Waals surface area contributed by atoms with Crippen LogP contribution in [0.1, 0.15) is 167 Å². The number of phenols is 3. The first-order valence-electron chi connectivity index (χ1n) is 47.0. The van der Waals surface area contributed by atoms with Gasteiger partial charge >= 0.3 is 6.09 Å². The Morgan fingerprint density at radius 1 is 0.331 bits per heavy atom. The van der Waals surface area contributed by atoms with Gasteiger partial charge in [0.25, 0.3) is 0 Å². The Hall–Kier alpha value is -12.8. The first kappa shape index (κ1) is 85.7. The van der Waals surface area contributed by atoms with Crippen LogP contribution in [0.4, 0.5) is 10.5 Å². The molecule has 0 aliphatic heterocycles. The molecule has 5 aromatic heterocycles. The molecule has 25 rings (SSSR count). The molecule has 8 saturated carbocycles. The quantitative estimate of drug-likeness (QED) is 0.0467. The van der Waals surface area contributed by atoms with E-state index in [0.29, 0.717) is 79.0 Å². The fourth-order valence-electron chi connectivity index (χ4n) is 24.8. The largest absolute Gasteiger partial charge is 0.508 e. The summed E-state index contributed by atoms with van der Waals surface area (Å²) in [5.74, 6) is 9.95. The van der Waals surface area contributed by atoms with Gasteiger partial charge in [0.1, 0.15) is 92.5 Å². The number of ether oxygens (including phenoxy) is 5. The standard InChI is InChI=1S/C35H30N2O2S2.C33H29N3O3S.C27H25NO2S.C19H20O2/c1-2-8-24(9-3-1)35(20-23-14-15-25(35)18-23)27-19-26(38-21-33-36-28-10-4-6-12-31(28)40-33)16-17-30(27)39-22-34-37-29-11-5-7-13-32(29)41-34;37-32(35-25-9-6-16-34-20-25)39-29-15-14-26(38-21-31-36-28-10-4-5-11-30(28)40-31)18-27(29)33(23-7-2-1-3-8-23)19-22-12-13-24(33)17-22;29-24-13-12-21(30-17-26-28-23-8-4-5-9-25(23)31-26)15-22(24)27(19-6-2-1-3-7-19)16-18-10-11-20(27)14-18;20-16-8-9-18(21)17(11-16)19(14-4-2-1-3-5-14)12-13-6-7-15(19)10-13/h1-13,16-17,19,23,25H,14-15,18,20-22H2;1-11,14-16,18,20,22,24H,12-13,17,19,21H2,(H,35,37);1-9,12-13,15,18,20,29H,10-11,14,16-17H2;1-5,8-9,11,13,15,20-21H,6-7,10,12H2. The summed E-state index contributed by atoms with van der Waals surface area (Å²) in [6, 6.07) is 103. The number of carbonyl (C=O) groups excluding carboxylic acids is 1. The highest BCUT2D eigenvalue weighted by molar-refractivity contribution is 7.19. The number of benzene rings is 12. The number of para-hydroxylation sites is 4. The van der Waals surface area contributed by atoms with Crippen molar-refractivity contribution in [1.82, 2.24) is 24.9 Å². The average molecular weight is 1830 g/mol. The van der Waals surface area contributed by atoms with Crippen LogP contribution in [0, 0.1) is 47.3 Å². The molecular formula is C114H104N6O9S4. The molecular weight excluding hydrogens is 1730 g/mol. The maximum Gasteiger partial charge on any atom is 0.417 e. The van der Waals surface area contributed by atoms with Gasteiger partial charge in [-0.15, -0.1) is 45.3 Å². The molecule has 133 heavy (non-hydrogen) atoms. The lowest BCUT2D eigenvalue weighted by Gasteiger charge is -2.40. The van der Waals surface area contributed by atoms with E-state index >= 15 is 0 Å². The maximum atomic E-state index is 13.0. The molecule has 8 aliphatic carbocycles. The zero-order chi connectivity index (χ0) is 89.5. The zero-order valence-electron chi connectivity index (χ0n) is 73.9. The topological polar surface area (TPSA) is 200 Å². The number of anilines is 1. The minimum Gasteiger partial charge on any atom is -0.508 e. The second-order valence-electron chi connectivity index (χ2n) is 37.6. The lowest BCUT2D eigenvalue weighted by atomic mass is 9.64. The Morgan fingerprint density at radius 3 is 1.01 bits per heavy atom. The highest BCUT2D eigenvalue weighted by Gasteiger charge is 2.58. The molecule has 668 valence electrons. The Morgan fingerprint density at radius 2 is 0.654 bits per heavy atom. The summed E-state index contributed by atoms with van der Waals surface area (Å²) >= 11 is 6.72. The van der Waals surface area contributed by atoms with Gasteiger partial charge in [-0.1, -0.05) is 196 Å². The third kappa shape index (κ3) is 16.9. The Balaban J connectivity index is 0.000000106. The summed E-state index contributed by atoms with van der Waals surface area (Å²) in [5, 5.41) is 38.0.